The Morgan fingerprint density at radius 2 is 1.90 bits per heavy atom. The van der Waals surface area contributed by atoms with E-state index in [1.54, 1.807) is 15.6 Å². The van der Waals surface area contributed by atoms with Crippen LogP contribution in [0.25, 0.3) is 11.8 Å². The summed E-state index contributed by atoms with van der Waals surface area (Å²) in [7, 11) is 0. The lowest BCUT2D eigenvalue weighted by atomic mass is 10.3. The summed E-state index contributed by atoms with van der Waals surface area (Å²) in [6.45, 7) is 12.3. The van der Waals surface area contributed by atoms with Crippen LogP contribution >= 0.6 is 12.2 Å². The number of H-pyrrole nitrogens is 1. The Morgan fingerprint density at radius 1 is 1.13 bits per heavy atom. The number of rotatable bonds is 5. The summed E-state index contributed by atoms with van der Waals surface area (Å²) in [5.41, 5.74) is 5.03. The Labute approximate surface area is 179 Å². The minimum Gasteiger partial charge on any atom is -0.303 e. The van der Waals surface area contributed by atoms with Gasteiger partial charge in [-0.1, -0.05) is 0 Å². The standard InChI is InChI=1S/C20H25N9S/c1-12(2)27-18(7-8-21-27)26-14(4)10-17(16(26)6)11-22-29-19(23-24-20(29)30)28-15(5)9-13(3)25-28/h7-12H,1-6H3,(H,24,30)/b22-11-. The second-order valence-corrected chi connectivity index (χ2v) is 8.00. The van der Waals surface area contributed by atoms with Crippen LogP contribution in [0.15, 0.2) is 29.5 Å². The number of aromatic amines is 1. The van der Waals surface area contributed by atoms with Gasteiger partial charge in [-0.3, -0.25) is 0 Å². The number of hydrogen-bond donors (Lipinski definition) is 1. The van der Waals surface area contributed by atoms with Gasteiger partial charge in [-0.2, -0.15) is 20.0 Å². The van der Waals surface area contributed by atoms with Gasteiger partial charge in [-0.15, -0.1) is 5.10 Å². The van der Waals surface area contributed by atoms with Crippen molar-refractivity contribution >= 4 is 18.4 Å². The van der Waals surface area contributed by atoms with E-state index in [1.807, 2.05) is 36.9 Å². The smallest absolute Gasteiger partial charge is 0.271 e. The van der Waals surface area contributed by atoms with Gasteiger partial charge < -0.3 is 4.57 Å². The van der Waals surface area contributed by atoms with Crippen molar-refractivity contribution in [3.05, 3.63) is 57.5 Å². The number of hydrogen-bond acceptors (Lipinski definition) is 5. The predicted molar refractivity (Wildman–Crippen MR) is 118 cm³/mol. The van der Waals surface area contributed by atoms with Gasteiger partial charge in [-0.05, 0) is 65.9 Å². The van der Waals surface area contributed by atoms with Gasteiger partial charge >= 0.3 is 0 Å². The first kappa shape index (κ1) is 20.0. The zero-order valence-corrected chi connectivity index (χ0v) is 18.8. The third-order valence-electron chi connectivity index (χ3n) is 4.98. The van der Waals surface area contributed by atoms with E-state index < -0.39 is 0 Å². The van der Waals surface area contributed by atoms with E-state index >= 15 is 0 Å². The third-order valence-corrected chi connectivity index (χ3v) is 5.25. The van der Waals surface area contributed by atoms with Gasteiger partial charge in [0.05, 0.1) is 18.1 Å². The van der Waals surface area contributed by atoms with Gasteiger partial charge in [0.2, 0.25) is 4.77 Å². The molecule has 4 aromatic rings. The fourth-order valence-electron chi connectivity index (χ4n) is 3.63. The number of aromatic nitrogens is 8. The van der Waals surface area contributed by atoms with Crippen molar-refractivity contribution in [2.45, 2.75) is 47.6 Å². The summed E-state index contributed by atoms with van der Waals surface area (Å²) in [6.07, 6.45) is 3.63. The number of aryl methyl sites for hydroxylation is 3. The molecule has 0 atom stereocenters. The summed E-state index contributed by atoms with van der Waals surface area (Å²) < 4.78 is 7.90. The highest BCUT2D eigenvalue weighted by Gasteiger charge is 2.16. The molecule has 0 amide bonds. The molecule has 0 saturated carbocycles. The third kappa shape index (κ3) is 3.32. The Kier molecular flexibility index (Phi) is 5.02. The summed E-state index contributed by atoms with van der Waals surface area (Å²) in [5, 5.41) is 20.7. The fraction of sp³-hybridized carbons (Fsp3) is 0.350. The minimum absolute atomic E-state index is 0.265. The van der Waals surface area contributed by atoms with E-state index in [1.165, 1.54) is 0 Å². The number of nitrogens with one attached hydrogen (secondary N) is 1. The Morgan fingerprint density at radius 3 is 2.57 bits per heavy atom. The largest absolute Gasteiger partial charge is 0.303 e. The molecule has 9 nitrogen and oxygen atoms in total. The molecular weight excluding hydrogens is 398 g/mol. The second-order valence-electron chi connectivity index (χ2n) is 7.61. The summed E-state index contributed by atoms with van der Waals surface area (Å²) in [6, 6.07) is 6.37. The average Bonchev–Trinajstić information content (AvgIpc) is 3.42. The lowest BCUT2D eigenvalue weighted by Crippen LogP contribution is -2.11. The molecule has 156 valence electrons. The molecule has 4 rings (SSSR count). The maximum atomic E-state index is 5.39. The molecule has 10 heteroatoms. The van der Waals surface area contributed by atoms with Crippen molar-refractivity contribution < 1.29 is 0 Å². The monoisotopic (exact) mass is 423 g/mol. The molecule has 0 fully saturated rings. The molecule has 30 heavy (non-hydrogen) atoms. The molecule has 0 bridgehead atoms. The topological polar surface area (TPSA) is 86.5 Å². The van der Waals surface area contributed by atoms with Crippen molar-refractivity contribution in [2.24, 2.45) is 5.10 Å². The maximum Gasteiger partial charge on any atom is 0.271 e. The van der Waals surface area contributed by atoms with E-state index in [0.29, 0.717) is 10.7 Å². The summed E-state index contributed by atoms with van der Waals surface area (Å²) in [4.78, 5) is 0. The van der Waals surface area contributed by atoms with E-state index in [4.69, 9.17) is 12.2 Å². The number of nitrogens with zero attached hydrogens (tertiary/aromatic N) is 8. The van der Waals surface area contributed by atoms with Crippen LogP contribution in [0.3, 0.4) is 0 Å². The molecular formula is C20H25N9S. The predicted octanol–water partition coefficient (Wildman–Crippen LogP) is 3.81. The van der Waals surface area contributed by atoms with E-state index in [2.05, 4.69) is 63.8 Å². The van der Waals surface area contributed by atoms with Gasteiger partial charge in [-0.25, -0.2) is 14.5 Å². The molecule has 4 heterocycles. The SMILES string of the molecule is Cc1cc(C)n(-c2n[nH]c(=S)n2/N=C\c2cc(C)n(-c3ccnn3C(C)C)c2C)n1. The first-order valence-corrected chi connectivity index (χ1v) is 10.2. The van der Waals surface area contributed by atoms with Crippen LogP contribution in [0.1, 0.15) is 48.2 Å². The molecule has 0 radical (unpaired) electrons. The van der Waals surface area contributed by atoms with Crippen LogP contribution in [-0.4, -0.2) is 45.2 Å². The Balaban J connectivity index is 1.75. The lowest BCUT2D eigenvalue weighted by Gasteiger charge is -2.15. The Bertz CT molecular complexity index is 1290. The molecule has 0 unspecified atom stereocenters. The van der Waals surface area contributed by atoms with Crippen LogP contribution in [0, 0.1) is 32.5 Å². The quantitative estimate of drug-likeness (QED) is 0.391. The lowest BCUT2D eigenvalue weighted by molar-refractivity contribution is 0.519. The van der Waals surface area contributed by atoms with Crippen LogP contribution in [0.5, 0.6) is 0 Å². The Hall–Kier alpha value is -3.27. The molecule has 1 N–H and O–H groups in total. The van der Waals surface area contributed by atoms with Crippen molar-refractivity contribution in [1.82, 2.24) is 39.0 Å². The van der Waals surface area contributed by atoms with E-state index in [-0.39, 0.29) is 6.04 Å². The second kappa shape index (κ2) is 7.52. The van der Waals surface area contributed by atoms with Crippen molar-refractivity contribution in [3.63, 3.8) is 0 Å². The highest BCUT2D eigenvalue weighted by molar-refractivity contribution is 7.71. The van der Waals surface area contributed by atoms with Crippen molar-refractivity contribution in [3.8, 4) is 11.8 Å². The van der Waals surface area contributed by atoms with Gasteiger partial charge in [0.1, 0.15) is 5.82 Å². The molecule has 0 aliphatic carbocycles. The molecule has 0 spiro atoms. The average molecular weight is 424 g/mol. The van der Waals surface area contributed by atoms with Crippen LogP contribution < -0.4 is 0 Å². The first-order valence-electron chi connectivity index (χ1n) is 9.76. The molecule has 0 aromatic carbocycles. The van der Waals surface area contributed by atoms with Crippen molar-refractivity contribution in [1.29, 1.82) is 0 Å². The molecule has 0 aliphatic heterocycles. The zero-order valence-electron chi connectivity index (χ0n) is 18.0. The highest BCUT2D eigenvalue weighted by Crippen LogP contribution is 2.22. The van der Waals surface area contributed by atoms with E-state index in [0.717, 1.165) is 34.2 Å². The minimum atomic E-state index is 0.265. The molecule has 4 aromatic heterocycles. The molecule has 0 saturated heterocycles. The van der Waals surface area contributed by atoms with E-state index in [9.17, 15) is 0 Å². The normalized spacial score (nSPS) is 12.0. The van der Waals surface area contributed by atoms with Crippen LogP contribution in [0.2, 0.25) is 0 Å². The highest BCUT2D eigenvalue weighted by atomic mass is 32.1. The van der Waals surface area contributed by atoms with Crippen LogP contribution in [0.4, 0.5) is 0 Å². The summed E-state index contributed by atoms with van der Waals surface area (Å²) >= 11 is 5.39. The summed E-state index contributed by atoms with van der Waals surface area (Å²) in [5.74, 6) is 1.55. The van der Waals surface area contributed by atoms with Crippen LogP contribution in [-0.2, 0) is 0 Å². The zero-order chi connectivity index (χ0) is 21.6. The van der Waals surface area contributed by atoms with Gasteiger partial charge in [0.15, 0.2) is 0 Å². The molecule has 0 aliphatic rings. The van der Waals surface area contributed by atoms with Gasteiger partial charge in [0, 0.05) is 34.8 Å². The van der Waals surface area contributed by atoms with Crippen molar-refractivity contribution in [2.75, 3.05) is 0 Å². The van der Waals surface area contributed by atoms with Gasteiger partial charge in [0.25, 0.3) is 5.95 Å². The first-order chi connectivity index (χ1) is 14.3. The fourth-order valence-corrected chi connectivity index (χ4v) is 3.80. The maximum absolute atomic E-state index is 5.39.